The first-order valence-electron chi connectivity index (χ1n) is 8.69. The van der Waals surface area contributed by atoms with Crippen LogP contribution in [0.4, 0.5) is 5.69 Å². The van der Waals surface area contributed by atoms with Crippen LogP contribution in [0.1, 0.15) is 28.8 Å². The SMILES string of the molecule is Cc1ccc(N2C[C@@H](C(=O)NCc3c(C)cc(C)[nH]c3=O)CC2=O)cc1. The largest absolute Gasteiger partial charge is 0.351 e. The van der Waals surface area contributed by atoms with Gasteiger partial charge in [0.05, 0.1) is 5.92 Å². The zero-order chi connectivity index (χ0) is 18.8. The number of anilines is 1. The molecule has 1 atom stereocenters. The van der Waals surface area contributed by atoms with Crippen LogP contribution in [0, 0.1) is 26.7 Å². The van der Waals surface area contributed by atoms with Gasteiger partial charge in [-0.15, -0.1) is 0 Å². The molecule has 1 aromatic heterocycles. The lowest BCUT2D eigenvalue weighted by Crippen LogP contribution is -2.34. The fourth-order valence-corrected chi connectivity index (χ4v) is 3.28. The Morgan fingerprint density at radius 1 is 1.19 bits per heavy atom. The molecule has 0 bridgehead atoms. The second kappa shape index (κ2) is 7.15. The van der Waals surface area contributed by atoms with Crippen LogP contribution >= 0.6 is 0 Å². The summed E-state index contributed by atoms with van der Waals surface area (Å²) in [7, 11) is 0. The highest BCUT2D eigenvalue weighted by molar-refractivity contribution is 6.00. The van der Waals surface area contributed by atoms with E-state index in [1.807, 2.05) is 51.1 Å². The molecule has 2 amide bonds. The van der Waals surface area contributed by atoms with Crippen molar-refractivity contribution in [3.05, 3.63) is 63.1 Å². The van der Waals surface area contributed by atoms with Gasteiger partial charge in [-0.3, -0.25) is 14.4 Å². The molecule has 0 saturated carbocycles. The number of carbonyl (C=O) groups excluding carboxylic acids is 2. The van der Waals surface area contributed by atoms with E-state index >= 15 is 0 Å². The summed E-state index contributed by atoms with van der Waals surface area (Å²) in [5.41, 5.74) is 3.92. The van der Waals surface area contributed by atoms with Crippen LogP contribution in [0.15, 0.2) is 35.1 Å². The Bertz CT molecular complexity index is 900. The number of H-pyrrole nitrogens is 1. The normalized spacial score (nSPS) is 16.8. The number of rotatable bonds is 4. The van der Waals surface area contributed by atoms with Crippen LogP contribution in [-0.2, 0) is 16.1 Å². The van der Waals surface area contributed by atoms with Crippen molar-refractivity contribution in [2.75, 3.05) is 11.4 Å². The number of hydrogen-bond acceptors (Lipinski definition) is 3. The minimum absolute atomic E-state index is 0.0571. The molecule has 0 spiro atoms. The number of aryl methyl sites for hydroxylation is 3. The molecule has 0 unspecified atom stereocenters. The molecule has 0 radical (unpaired) electrons. The summed E-state index contributed by atoms with van der Waals surface area (Å²) < 4.78 is 0. The molecule has 2 heterocycles. The Morgan fingerprint density at radius 2 is 1.88 bits per heavy atom. The monoisotopic (exact) mass is 353 g/mol. The zero-order valence-corrected chi connectivity index (χ0v) is 15.3. The molecule has 3 rings (SSSR count). The van der Waals surface area contributed by atoms with Crippen molar-refractivity contribution in [2.24, 2.45) is 5.92 Å². The van der Waals surface area contributed by atoms with Gasteiger partial charge in [-0.1, -0.05) is 17.7 Å². The van der Waals surface area contributed by atoms with Crippen molar-refractivity contribution >= 4 is 17.5 Å². The molecule has 1 aliphatic heterocycles. The Balaban J connectivity index is 1.65. The summed E-state index contributed by atoms with van der Waals surface area (Å²) in [5.74, 6) is -0.667. The maximum absolute atomic E-state index is 12.5. The number of benzene rings is 1. The molecule has 2 aromatic rings. The predicted octanol–water partition coefficient (Wildman–Crippen LogP) is 1.97. The van der Waals surface area contributed by atoms with Gasteiger partial charge < -0.3 is 15.2 Å². The predicted molar refractivity (Wildman–Crippen MR) is 100 cm³/mol. The highest BCUT2D eigenvalue weighted by Gasteiger charge is 2.35. The van der Waals surface area contributed by atoms with E-state index in [1.54, 1.807) is 4.90 Å². The van der Waals surface area contributed by atoms with Crippen LogP contribution < -0.4 is 15.8 Å². The molecule has 2 N–H and O–H groups in total. The Hall–Kier alpha value is -2.89. The van der Waals surface area contributed by atoms with Crippen LogP contribution in [-0.4, -0.2) is 23.3 Å². The number of carbonyl (C=O) groups is 2. The maximum atomic E-state index is 12.5. The number of nitrogens with zero attached hydrogens (tertiary/aromatic N) is 1. The van der Waals surface area contributed by atoms with Gasteiger partial charge >= 0.3 is 0 Å². The van der Waals surface area contributed by atoms with Gasteiger partial charge in [0.15, 0.2) is 0 Å². The van der Waals surface area contributed by atoms with Gasteiger partial charge in [-0.05, 0) is 44.5 Å². The van der Waals surface area contributed by atoms with Crippen molar-refractivity contribution in [2.45, 2.75) is 33.7 Å². The summed E-state index contributed by atoms with van der Waals surface area (Å²) in [6.45, 7) is 6.18. The number of hydrogen-bond donors (Lipinski definition) is 2. The Kier molecular flexibility index (Phi) is 4.93. The second-order valence-electron chi connectivity index (χ2n) is 6.90. The van der Waals surface area contributed by atoms with E-state index in [1.165, 1.54) is 0 Å². The van der Waals surface area contributed by atoms with Gasteiger partial charge in [0.1, 0.15) is 0 Å². The van der Waals surface area contributed by atoms with Crippen molar-refractivity contribution in [1.82, 2.24) is 10.3 Å². The molecule has 6 heteroatoms. The summed E-state index contributed by atoms with van der Waals surface area (Å²) in [4.78, 5) is 41.2. The molecule has 1 aliphatic rings. The summed E-state index contributed by atoms with van der Waals surface area (Å²) in [6, 6.07) is 9.55. The van der Waals surface area contributed by atoms with Crippen molar-refractivity contribution in [3.63, 3.8) is 0 Å². The molecule has 1 fully saturated rings. The first-order valence-corrected chi connectivity index (χ1v) is 8.69. The van der Waals surface area contributed by atoms with Gasteiger partial charge in [0.2, 0.25) is 11.8 Å². The Morgan fingerprint density at radius 3 is 2.54 bits per heavy atom. The fourth-order valence-electron chi connectivity index (χ4n) is 3.28. The van der Waals surface area contributed by atoms with Crippen LogP contribution in [0.3, 0.4) is 0 Å². The summed E-state index contributed by atoms with van der Waals surface area (Å²) in [5, 5.41) is 2.81. The maximum Gasteiger partial charge on any atom is 0.253 e. The molecular weight excluding hydrogens is 330 g/mol. The van der Waals surface area contributed by atoms with Crippen LogP contribution in [0.5, 0.6) is 0 Å². The molecule has 26 heavy (non-hydrogen) atoms. The molecule has 136 valence electrons. The average molecular weight is 353 g/mol. The van der Waals surface area contributed by atoms with Gasteiger partial charge in [-0.2, -0.15) is 0 Å². The van der Waals surface area contributed by atoms with Gasteiger partial charge in [0, 0.05) is 36.5 Å². The minimum atomic E-state index is -0.409. The highest BCUT2D eigenvalue weighted by atomic mass is 16.2. The number of amides is 2. The third-order valence-electron chi connectivity index (χ3n) is 4.77. The quantitative estimate of drug-likeness (QED) is 0.882. The van der Waals surface area contributed by atoms with Gasteiger partial charge in [0.25, 0.3) is 5.56 Å². The van der Waals surface area contributed by atoms with E-state index in [9.17, 15) is 14.4 Å². The van der Waals surface area contributed by atoms with E-state index in [4.69, 9.17) is 0 Å². The van der Waals surface area contributed by atoms with E-state index in [2.05, 4.69) is 10.3 Å². The first-order chi connectivity index (χ1) is 12.3. The zero-order valence-electron chi connectivity index (χ0n) is 15.3. The van der Waals surface area contributed by atoms with E-state index in [-0.39, 0.29) is 30.3 Å². The van der Waals surface area contributed by atoms with Crippen LogP contribution in [0.25, 0.3) is 0 Å². The Labute approximate surface area is 152 Å². The molecular formula is C20H23N3O3. The van der Waals surface area contributed by atoms with Crippen molar-refractivity contribution in [3.8, 4) is 0 Å². The lowest BCUT2D eigenvalue weighted by molar-refractivity contribution is -0.126. The third-order valence-corrected chi connectivity index (χ3v) is 4.77. The molecule has 1 aromatic carbocycles. The lowest BCUT2D eigenvalue weighted by atomic mass is 10.1. The van der Waals surface area contributed by atoms with Crippen molar-refractivity contribution < 1.29 is 9.59 Å². The summed E-state index contributed by atoms with van der Waals surface area (Å²) >= 11 is 0. The van der Waals surface area contributed by atoms with Crippen molar-refractivity contribution in [1.29, 1.82) is 0 Å². The number of aromatic nitrogens is 1. The van der Waals surface area contributed by atoms with E-state index < -0.39 is 5.92 Å². The number of aromatic amines is 1. The molecule has 1 saturated heterocycles. The van der Waals surface area contributed by atoms with E-state index in [0.29, 0.717) is 12.1 Å². The first kappa shape index (κ1) is 17.9. The highest BCUT2D eigenvalue weighted by Crippen LogP contribution is 2.25. The smallest absolute Gasteiger partial charge is 0.253 e. The molecule has 0 aliphatic carbocycles. The standard InChI is InChI=1S/C20H23N3O3/c1-12-4-6-16(7-5-12)23-11-15(9-18(23)24)19(25)21-10-17-13(2)8-14(3)22-20(17)26/h4-8,15H,9-11H2,1-3H3,(H,21,25)(H,22,26)/t15-/m0/s1. The average Bonchev–Trinajstić information content (AvgIpc) is 2.96. The number of pyridine rings is 1. The van der Waals surface area contributed by atoms with E-state index in [0.717, 1.165) is 22.5 Å². The topological polar surface area (TPSA) is 82.3 Å². The number of nitrogens with one attached hydrogen (secondary N) is 2. The van der Waals surface area contributed by atoms with Gasteiger partial charge in [-0.25, -0.2) is 0 Å². The fraction of sp³-hybridized carbons (Fsp3) is 0.350. The minimum Gasteiger partial charge on any atom is -0.351 e. The lowest BCUT2D eigenvalue weighted by Gasteiger charge is -2.17. The van der Waals surface area contributed by atoms with Crippen LogP contribution in [0.2, 0.25) is 0 Å². The third kappa shape index (κ3) is 3.69. The second-order valence-corrected chi connectivity index (χ2v) is 6.90. The molecule has 6 nitrogen and oxygen atoms in total. The summed E-state index contributed by atoms with van der Waals surface area (Å²) in [6.07, 6.45) is 0.183.